The zero-order valence-electron chi connectivity index (χ0n) is 9.59. The van der Waals surface area contributed by atoms with Gasteiger partial charge in [-0.1, -0.05) is 46.4 Å². The quantitative estimate of drug-likeness (QED) is 0.648. The summed E-state index contributed by atoms with van der Waals surface area (Å²) < 4.78 is 0. The Labute approximate surface area is 83.0 Å². The standard InChI is InChI=1S/C7H12N2.2C2H6/c1-3-5-7(9)6(8)4-2;2*1-2/h3-5H,1,8-9H2,2H3;2*1-2H3/b6-4+,7-5+;;. The highest BCUT2D eigenvalue weighted by atomic mass is 14.7. The molecule has 0 aliphatic carbocycles. The minimum atomic E-state index is 0.563. The molecule has 0 saturated carbocycles. The Balaban J connectivity index is -0.000000218. The van der Waals surface area contributed by atoms with E-state index in [1.165, 1.54) is 0 Å². The number of hydrogen-bond donors (Lipinski definition) is 2. The Bertz CT molecular complexity index is 155. The zero-order valence-corrected chi connectivity index (χ0v) is 9.59. The van der Waals surface area contributed by atoms with Gasteiger partial charge in [0.05, 0.1) is 11.4 Å². The second-order valence-corrected chi connectivity index (χ2v) is 1.60. The van der Waals surface area contributed by atoms with Crippen LogP contribution in [0.1, 0.15) is 34.6 Å². The summed E-state index contributed by atoms with van der Waals surface area (Å²) in [6.07, 6.45) is 5.01. The summed E-state index contributed by atoms with van der Waals surface area (Å²) in [4.78, 5) is 0. The highest BCUT2D eigenvalue weighted by Gasteiger charge is 1.87. The van der Waals surface area contributed by atoms with Crippen LogP contribution in [0.2, 0.25) is 0 Å². The molecule has 0 atom stereocenters. The van der Waals surface area contributed by atoms with Crippen LogP contribution >= 0.6 is 0 Å². The van der Waals surface area contributed by atoms with E-state index < -0.39 is 0 Å². The van der Waals surface area contributed by atoms with Crippen LogP contribution in [0.25, 0.3) is 0 Å². The fourth-order valence-electron chi connectivity index (χ4n) is 0.390. The van der Waals surface area contributed by atoms with E-state index >= 15 is 0 Å². The Morgan fingerprint density at radius 1 is 1.00 bits per heavy atom. The summed E-state index contributed by atoms with van der Waals surface area (Å²) in [5.74, 6) is 0. The van der Waals surface area contributed by atoms with E-state index in [2.05, 4.69) is 6.58 Å². The molecule has 2 heteroatoms. The van der Waals surface area contributed by atoms with Gasteiger partial charge in [0.25, 0.3) is 0 Å². The van der Waals surface area contributed by atoms with Gasteiger partial charge in [-0.2, -0.15) is 0 Å². The second-order valence-electron chi connectivity index (χ2n) is 1.60. The molecule has 0 bridgehead atoms. The van der Waals surface area contributed by atoms with E-state index in [9.17, 15) is 0 Å². The molecular weight excluding hydrogens is 160 g/mol. The summed E-state index contributed by atoms with van der Waals surface area (Å²) in [6.45, 7) is 13.3. The van der Waals surface area contributed by atoms with Gasteiger partial charge in [-0.15, -0.1) is 0 Å². The van der Waals surface area contributed by atoms with Crippen LogP contribution in [0.3, 0.4) is 0 Å². The maximum Gasteiger partial charge on any atom is 0.0544 e. The third kappa shape index (κ3) is 13.8. The van der Waals surface area contributed by atoms with Crippen LogP contribution in [0.15, 0.2) is 36.2 Å². The SMILES string of the molecule is C=C/C=C(N)\C(N)=C/C.CC.CC. The van der Waals surface area contributed by atoms with Gasteiger partial charge in [0.1, 0.15) is 0 Å². The Morgan fingerprint density at radius 2 is 1.38 bits per heavy atom. The topological polar surface area (TPSA) is 52.0 Å². The molecule has 0 aromatic heterocycles. The molecule has 0 unspecified atom stereocenters. The first-order valence-electron chi connectivity index (χ1n) is 4.72. The molecule has 0 aliphatic rings. The van der Waals surface area contributed by atoms with Crippen molar-refractivity contribution in [3.05, 3.63) is 36.2 Å². The normalized spacial score (nSPS) is 10.2. The molecule has 2 nitrogen and oxygen atoms in total. The second kappa shape index (κ2) is 17.1. The molecule has 0 aromatic rings. The van der Waals surface area contributed by atoms with Gasteiger partial charge in [-0.05, 0) is 13.0 Å². The lowest BCUT2D eigenvalue weighted by Gasteiger charge is -1.96. The average molecular weight is 184 g/mol. The first-order chi connectivity index (χ1) is 6.22. The summed E-state index contributed by atoms with van der Waals surface area (Å²) in [6, 6.07) is 0. The summed E-state index contributed by atoms with van der Waals surface area (Å²) >= 11 is 0. The molecule has 13 heavy (non-hydrogen) atoms. The van der Waals surface area contributed by atoms with Crippen molar-refractivity contribution < 1.29 is 0 Å². The Morgan fingerprint density at radius 3 is 1.62 bits per heavy atom. The van der Waals surface area contributed by atoms with Gasteiger partial charge in [0, 0.05) is 0 Å². The monoisotopic (exact) mass is 184 g/mol. The van der Waals surface area contributed by atoms with Crippen molar-refractivity contribution >= 4 is 0 Å². The number of allylic oxidation sites excluding steroid dienone is 3. The van der Waals surface area contributed by atoms with Crippen LogP contribution in [0.4, 0.5) is 0 Å². The lowest BCUT2D eigenvalue weighted by Crippen LogP contribution is -2.07. The van der Waals surface area contributed by atoms with E-state index in [0.29, 0.717) is 11.4 Å². The minimum Gasteiger partial charge on any atom is -0.397 e. The first kappa shape index (κ1) is 17.8. The van der Waals surface area contributed by atoms with Crippen LogP contribution in [0.5, 0.6) is 0 Å². The van der Waals surface area contributed by atoms with E-state index in [1.54, 1.807) is 18.2 Å². The van der Waals surface area contributed by atoms with E-state index in [1.807, 2.05) is 34.6 Å². The predicted molar refractivity (Wildman–Crippen MR) is 63.1 cm³/mol. The molecule has 0 spiro atoms. The van der Waals surface area contributed by atoms with Crippen molar-refractivity contribution in [2.45, 2.75) is 34.6 Å². The van der Waals surface area contributed by atoms with Crippen molar-refractivity contribution in [1.29, 1.82) is 0 Å². The summed E-state index contributed by atoms with van der Waals surface area (Å²) in [5, 5.41) is 0. The van der Waals surface area contributed by atoms with Gasteiger partial charge in [0.15, 0.2) is 0 Å². The predicted octanol–water partition coefficient (Wildman–Crippen LogP) is 2.93. The van der Waals surface area contributed by atoms with E-state index in [0.717, 1.165) is 0 Å². The maximum atomic E-state index is 5.43. The molecule has 0 aliphatic heterocycles. The van der Waals surface area contributed by atoms with Gasteiger partial charge in [-0.3, -0.25) is 0 Å². The molecule has 0 fully saturated rings. The third-order valence-corrected chi connectivity index (χ3v) is 0.942. The van der Waals surface area contributed by atoms with Gasteiger partial charge in [0.2, 0.25) is 0 Å². The van der Waals surface area contributed by atoms with Crippen LogP contribution in [-0.4, -0.2) is 0 Å². The highest BCUT2D eigenvalue weighted by Crippen LogP contribution is 1.93. The molecule has 0 amide bonds. The smallest absolute Gasteiger partial charge is 0.0544 e. The average Bonchev–Trinajstić information content (AvgIpc) is 2.23. The van der Waals surface area contributed by atoms with E-state index in [4.69, 9.17) is 11.5 Å². The largest absolute Gasteiger partial charge is 0.397 e. The van der Waals surface area contributed by atoms with Crippen LogP contribution in [-0.2, 0) is 0 Å². The number of rotatable bonds is 2. The molecule has 78 valence electrons. The molecule has 0 aromatic carbocycles. The lowest BCUT2D eigenvalue weighted by molar-refractivity contribution is 1.23. The minimum absolute atomic E-state index is 0.563. The highest BCUT2D eigenvalue weighted by molar-refractivity contribution is 5.27. The summed E-state index contributed by atoms with van der Waals surface area (Å²) in [5.41, 5.74) is 12.0. The van der Waals surface area contributed by atoms with Crippen LogP contribution in [0, 0.1) is 0 Å². The summed E-state index contributed by atoms with van der Waals surface area (Å²) in [7, 11) is 0. The molecule has 0 radical (unpaired) electrons. The first-order valence-corrected chi connectivity index (χ1v) is 4.72. The molecule has 0 rings (SSSR count). The molecule has 0 saturated heterocycles. The van der Waals surface area contributed by atoms with Gasteiger partial charge < -0.3 is 11.5 Å². The van der Waals surface area contributed by atoms with Crippen molar-refractivity contribution in [3.8, 4) is 0 Å². The molecular formula is C11H24N2. The van der Waals surface area contributed by atoms with Crippen molar-refractivity contribution in [1.82, 2.24) is 0 Å². The van der Waals surface area contributed by atoms with Crippen molar-refractivity contribution in [2.24, 2.45) is 11.5 Å². The Hall–Kier alpha value is -1.18. The lowest BCUT2D eigenvalue weighted by atomic mass is 10.3. The van der Waals surface area contributed by atoms with Crippen molar-refractivity contribution in [3.63, 3.8) is 0 Å². The third-order valence-electron chi connectivity index (χ3n) is 0.942. The number of nitrogens with two attached hydrogens (primary N) is 2. The zero-order chi connectivity index (χ0) is 11.3. The molecule has 4 N–H and O–H groups in total. The van der Waals surface area contributed by atoms with Crippen LogP contribution < -0.4 is 11.5 Å². The van der Waals surface area contributed by atoms with Gasteiger partial charge in [-0.25, -0.2) is 0 Å². The maximum absolute atomic E-state index is 5.43. The Kier molecular flexibility index (Phi) is 23.3. The van der Waals surface area contributed by atoms with Crippen molar-refractivity contribution in [2.75, 3.05) is 0 Å². The fourth-order valence-corrected chi connectivity index (χ4v) is 0.390. The van der Waals surface area contributed by atoms with Gasteiger partial charge >= 0.3 is 0 Å². The fraction of sp³-hybridized carbons (Fsp3) is 0.455. The number of hydrogen-bond acceptors (Lipinski definition) is 2. The molecule has 0 heterocycles. The van der Waals surface area contributed by atoms with E-state index in [-0.39, 0.29) is 0 Å².